The van der Waals surface area contributed by atoms with Crippen LogP contribution >= 0.6 is 22.6 Å². The number of aryl methyl sites for hydroxylation is 1. The van der Waals surface area contributed by atoms with E-state index in [4.69, 9.17) is 4.74 Å². The van der Waals surface area contributed by atoms with E-state index in [1.54, 1.807) is 12.1 Å². The van der Waals surface area contributed by atoms with Crippen molar-refractivity contribution in [2.24, 2.45) is 0 Å². The van der Waals surface area contributed by atoms with Gasteiger partial charge in [-0.1, -0.05) is 37.3 Å². The highest BCUT2D eigenvalue weighted by molar-refractivity contribution is 14.1. The highest BCUT2D eigenvalue weighted by Gasteiger charge is 2.15. The summed E-state index contributed by atoms with van der Waals surface area (Å²) in [7, 11) is 0. The molecule has 168 valence electrons. The second-order valence-electron chi connectivity index (χ2n) is 7.35. The van der Waals surface area contributed by atoms with Crippen molar-refractivity contribution >= 4 is 40.3 Å². The van der Waals surface area contributed by atoms with Gasteiger partial charge in [0.25, 0.3) is 5.91 Å². The number of para-hydroxylation sites is 1. The number of hydrogen-bond acceptors (Lipinski definition) is 3. The predicted octanol–water partition coefficient (Wildman–Crippen LogP) is 6.53. The maximum absolute atomic E-state index is 13.6. The van der Waals surface area contributed by atoms with E-state index in [9.17, 15) is 14.4 Å². The summed E-state index contributed by atoms with van der Waals surface area (Å²) in [6.07, 6.45) is 2.83. The molecule has 0 radical (unpaired) electrons. The number of nitrogens with one attached hydrogen (secondary N) is 1. The van der Waals surface area contributed by atoms with Crippen LogP contribution in [0.15, 0.2) is 66.2 Å². The van der Waals surface area contributed by atoms with E-state index >= 15 is 0 Å². The molecule has 0 atom stereocenters. The molecule has 0 aliphatic rings. The Kier molecular flexibility index (Phi) is 8.61. The van der Waals surface area contributed by atoms with E-state index in [1.165, 1.54) is 12.1 Å². The summed E-state index contributed by atoms with van der Waals surface area (Å²) in [6.45, 7) is 4.36. The number of hydrogen-bond donors (Lipinski definition) is 1. The zero-order valence-electron chi connectivity index (χ0n) is 18.5. The van der Waals surface area contributed by atoms with Crippen molar-refractivity contribution in [1.29, 1.82) is 5.26 Å². The first-order chi connectivity index (χ1) is 15.9. The van der Waals surface area contributed by atoms with E-state index in [0.29, 0.717) is 30.0 Å². The van der Waals surface area contributed by atoms with Gasteiger partial charge in [0.2, 0.25) is 0 Å². The van der Waals surface area contributed by atoms with Gasteiger partial charge in [0.05, 0.1) is 6.61 Å². The van der Waals surface area contributed by atoms with Crippen LogP contribution in [0.4, 0.5) is 10.1 Å². The zero-order chi connectivity index (χ0) is 23.8. The Bertz CT molecular complexity index is 1230. The molecule has 3 aromatic rings. The number of nitriles is 1. The van der Waals surface area contributed by atoms with Crippen molar-refractivity contribution in [3.05, 3.63) is 97.9 Å². The van der Waals surface area contributed by atoms with E-state index in [2.05, 4.69) is 27.9 Å². The lowest BCUT2D eigenvalue weighted by atomic mass is 10.0. The molecule has 33 heavy (non-hydrogen) atoms. The van der Waals surface area contributed by atoms with Crippen LogP contribution in [-0.2, 0) is 17.6 Å². The minimum Gasteiger partial charge on any atom is -0.494 e. The highest BCUT2D eigenvalue weighted by Crippen LogP contribution is 2.30. The second kappa shape index (κ2) is 11.6. The molecular weight excluding hydrogens is 530 g/mol. The molecule has 0 saturated heterocycles. The zero-order valence-corrected chi connectivity index (χ0v) is 20.6. The van der Waals surface area contributed by atoms with Crippen LogP contribution in [0.5, 0.6) is 5.75 Å². The number of nitrogens with zero attached hydrogens (tertiary/aromatic N) is 1. The summed E-state index contributed by atoms with van der Waals surface area (Å²) in [5, 5.41) is 12.5. The number of anilines is 1. The molecule has 0 bridgehead atoms. The van der Waals surface area contributed by atoms with Crippen molar-refractivity contribution in [2.75, 3.05) is 11.9 Å². The number of benzene rings is 3. The molecule has 0 aliphatic carbocycles. The Balaban J connectivity index is 1.92. The smallest absolute Gasteiger partial charge is 0.266 e. The quantitative estimate of drug-likeness (QED) is 0.196. The fourth-order valence-corrected chi connectivity index (χ4v) is 4.29. The molecule has 0 heterocycles. The standard InChI is InChI=1S/C27H24FIN2O2/c1-3-20-9-5-6-11-25(20)31-27(32)21(17-30)12-19-15-24(29)23(26(16-19)33-4-2)14-18-8-7-10-22(28)13-18/h5-13,15-16H,3-4,14H2,1-2H3,(H,31,32)/b21-12+. The lowest BCUT2D eigenvalue weighted by Crippen LogP contribution is -2.14. The molecule has 3 aromatic carbocycles. The molecule has 4 nitrogen and oxygen atoms in total. The Labute approximate surface area is 207 Å². The van der Waals surface area contributed by atoms with E-state index < -0.39 is 5.91 Å². The summed E-state index contributed by atoms with van der Waals surface area (Å²) in [5.74, 6) is -0.0986. The van der Waals surface area contributed by atoms with Crippen molar-refractivity contribution in [2.45, 2.75) is 26.7 Å². The third kappa shape index (κ3) is 6.42. The Hall–Kier alpha value is -3.18. The average Bonchev–Trinajstić information content (AvgIpc) is 2.80. The molecule has 3 rings (SSSR count). The number of halogens is 2. The van der Waals surface area contributed by atoms with Crippen molar-refractivity contribution in [3.63, 3.8) is 0 Å². The van der Waals surface area contributed by atoms with Crippen molar-refractivity contribution < 1.29 is 13.9 Å². The summed E-state index contributed by atoms with van der Waals surface area (Å²) in [5.41, 5.74) is 4.14. The molecule has 0 spiro atoms. The van der Waals surface area contributed by atoms with Crippen LogP contribution in [-0.4, -0.2) is 12.5 Å². The maximum Gasteiger partial charge on any atom is 0.266 e. The largest absolute Gasteiger partial charge is 0.494 e. The second-order valence-corrected chi connectivity index (χ2v) is 8.52. The van der Waals surface area contributed by atoms with Gasteiger partial charge in [-0.2, -0.15) is 5.26 Å². The average molecular weight is 554 g/mol. The van der Waals surface area contributed by atoms with Crippen LogP contribution in [0.3, 0.4) is 0 Å². The first-order valence-corrected chi connectivity index (χ1v) is 11.7. The predicted molar refractivity (Wildman–Crippen MR) is 138 cm³/mol. The molecule has 6 heteroatoms. The monoisotopic (exact) mass is 554 g/mol. The lowest BCUT2D eigenvalue weighted by molar-refractivity contribution is -0.112. The number of amides is 1. The molecule has 1 amide bonds. The minimum absolute atomic E-state index is 0.00275. The minimum atomic E-state index is -0.463. The van der Waals surface area contributed by atoms with Gasteiger partial charge in [0, 0.05) is 21.2 Å². The van der Waals surface area contributed by atoms with Crippen LogP contribution in [0.25, 0.3) is 6.08 Å². The lowest BCUT2D eigenvalue weighted by Gasteiger charge is -2.14. The SMILES string of the molecule is CCOc1cc(/C=C(\C#N)C(=O)Nc2ccccc2CC)cc(I)c1Cc1cccc(F)c1. The van der Waals surface area contributed by atoms with Gasteiger partial charge in [-0.05, 0) is 89.0 Å². The molecular formula is C27H24FIN2O2. The van der Waals surface area contributed by atoms with Gasteiger partial charge in [-0.15, -0.1) is 0 Å². The Morgan fingerprint density at radius 2 is 1.94 bits per heavy atom. The van der Waals surface area contributed by atoms with Crippen molar-refractivity contribution in [1.82, 2.24) is 0 Å². The topological polar surface area (TPSA) is 62.1 Å². The summed E-state index contributed by atoms with van der Waals surface area (Å²) in [6, 6.07) is 19.7. The van der Waals surface area contributed by atoms with E-state index in [0.717, 1.165) is 26.7 Å². The molecule has 0 aromatic heterocycles. The van der Waals surface area contributed by atoms with Crippen molar-refractivity contribution in [3.8, 4) is 11.8 Å². The molecule has 0 saturated carbocycles. The van der Waals surface area contributed by atoms with Gasteiger partial charge < -0.3 is 10.1 Å². The summed E-state index contributed by atoms with van der Waals surface area (Å²) < 4.78 is 20.4. The number of carbonyl (C=O) groups excluding carboxylic acids is 1. The van der Waals surface area contributed by atoms with E-state index in [1.807, 2.05) is 62.4 Å². The number of ether oxygens (including phenoxy) is 1. The van der Waals surface area contributed by atoms with Crippen LogP contribution < -0.4 is 10.1 Å². The molecule has 0 unspecified atom stereocenters. The van der Waals surface area contributed by atoms with Gasteiger partial charge in [-0.3, -0.25) is 4.79 Å². The third-order valence-electron chi connectivity index (χ3n) is 5.07. The summed E-state index contributed by atoms with van der Waals surface area (Å²) in [4.78, 5) is 12.8. The Morgan fingerprint density at radius 1 is 1.15 bits per heavy atom. The molecule has 1 N–H and O–H groups in total. The molecule has 0 aliphatic heterocycles. The first kappa shape index (κ1) is 24.5. The van der Waals surface area contributed by atoms with Gasteiger partial charge in [-0.25, -0.2) is 4.39 Å². The normalized spacial score (nSPS) is 11.1. The molecule has 0 fully saturated rings. The Morgan fingerprint density at radius 3 is 2.64 bits per heavy atom. The maximum atomic E-state index is 13.6. The third-order valence-corrected chi connectivity index (χ3v) is 6.03. The highest BCUT2D eigenvalue weighted by atomic mass is 127. The van der Waals surface area contributed by atoms with Gasteiger partial charge in [0.1, 0.15) is 23.2 Å². The first-order valence-electron chi connectivity index (χ1n) is 10.7. The fourth-order valence-electron chi connectivity index (χ4n) is 3.48. The van der Waals surface area contributed by atoms with Crippen LogP contribution in [0.1, 0.15) is 36.1 Å². The van der Waals surface area contributed by atoms with Gasteiger partial charge in [0.15, 0.2) is 0 Å². The fraction of sp³-hybridized carbons (Fsp3) is 0.185. The van der Waals surface area contributed by atoms with Crippen LogP contribution in [0.2, 0.25) is 0 Å². The van der Waals surface area contributed by atoms with Crippen LogP contribution in [0, 0.1) is 20.7 Å². The number of rotatable bonds is 8. The van der Waals surface area contributed by atoms with Gasteiger partial charge >= 0.3 is 0 Å². The number of carbonyl (C=O) groups is 1. The van der Waals surface area contributed by atoms with E-state index in [-0.39, 0.29) is 11.4 Å². The summed E-state index contributed by atoms with van der Waals surface area (Å²) >= 11 is 2.20.